The van der Waals surface area contributed by atoms with Gasteiger partial charge in [0.2, 0.25) is 0 Å². The Kier molecular flexibility index (Phi) is 10.9. The van der Waals surface area contributed by atoms with Gasteiger partial charge in [0.05, 0.1) is 12.3 Å². The van der Waals surface area contributed by atoms with Crippen LogP contribution in [0.3, 0.4) is 0 Å². The van der Waals surface area contributed by atoms with E-state index < -0.39 is 18.0 Å². The van der Waals surface area contributed by atoms with Crippen molar-refractivity contribution in [3.8, 4) is 5.75 Å². The summed E-state index contributed by atoms with van der Waals surface area (Å²) in [7, 11) is 1.53. The topological polar surface area (TPSA) is 123 Å². The van der Waals surface area contributed by atoms with Gasteiger partial charge < -0.3 is 25.6 Å². The molecule has 1 amide bonds. The highest BCUT2D eigenvalue weighted by Gasteiger charge is 2.30. The first-order chi connectivity index (χ1) is 17.5. The van der Waals surface area contributed by atoms with Gasteiger partial charge in [-0.2, -0.15) is 0 Å². The standard InChI is InChI=1S/C18H27NO3.C10H10N2O2/c20-18(21)9-6-16-4-7-17(8-5-16)22-14-2-1-3-15-10-12-19-13-11-15;1-14-9-6-4-2-3-5-7(6)12-8(9)10(11)13/h4-5,7-8,15,19H,1-3,6,9-14H2,(H,20,21);2-5,9H,1H3,(H2,11,13). The van der Waals surface area contributed by atoms with Gasteiger partial charge in [-0.15, -0.1) is 0 Å². The van der Waals surface area contributed by atoms with E-state index in [9.17, 15) is 9.59 Å². The molecule has 8 heteroatoms. The van der Waals surface area contributed by atoms with E-state index in [2.05, 4.69) is 10.3 Å². The van der Waals surface area contributed by atoms with Crippen molar-refractivity contribution in [2.24, 2.45) is 16.6 Å². The number of rotatable bonds is 11. The summed E-state index contributed by atoms with van der Waals surface area (Å²) in [5.41, 5.74) is 8.16. The first kappa shape index (κ1) is 27.4. The van der Waals surface area contributed by atoms with Crippen molar-refractivity contribution in [2.75, 3.05) is 26.8 Å². The molecule has 2 aliphatic heterocycles. The Morgan fingerprint density at radius 3 is 2.47 bits per heavy atom. The first-order valence-corrected chi connectivity index (χ1v) is 12.6. The summed E-state index contributed by atoms with van der Waals surface area (Å²) in [5, 5.41) is 12.1. The fourth-order valence-electron chi connectivity index (χ4n) is 4.47. The van der Waals surface area contributed by atoms with E-state index in [-0.39, 0.29) is 12.1 Å². The summed E-state index contributed by atoms with van der Waals surface area (Å²) in [6.45, 7) is 3.12. The molecule has 2 aliphatic rings. The molecule has 2 aromatic rings. The summed E-state index contributed by atoms with van der Waals surface area (Å²) >= 11 is 0. The van der Waals surface area contributed by atoms with Gasteiger partial charge in [0.1, 0.15) is 17.6 Å². The Labute approximate surface area is 212 Å². The number of carbonyl (C=O) groups excluding carboxylic acids is 1. The van der Waals surface area contributed by atoms with Crippen molar-refractivity contribution in [1.29, 1.82) is 0 Å². The van der Waals surface area contributed by atoms with Crippen LogP contribution in [0, 0.1) is 5.92 Å². The largest absolute Gasteiger partial charge is 0.494 e. The molecular weight excluding hydrogens is 458 g/mol. The average Bonchev–Trinajstić information content (AvgIpc) is 3.28. The Morgan fingerprint density at radius 2 is 1.81 bits per heavy atom. The second kappa shape index (κ2) is 14.4. The number of aliphatic imine (C=N–C) groups is 1. The second-order valence-electron chi connectivity index (χ2n) is 9.11. The van der Waals surface area contributed by atoms with Crippen LogP contribution in [0.2, 0.25) is 0 Å². The molecule has 0 saturated carbocycles. The van der Waals surface area contributed by atoms with Crippen molar-refractivity contribution in [1.82, 2.24) is 5.32 Å². The molecule has 194 valence electrons. The molecule has 0 bridgehead atoms. The van der Waals surface area contributed by atoms with Crippen LogP contribution in [0.15, 0.2) is 53.5 Å². The summed E-state index contributed by atoms with van der Waals surface area (Å²) in [6, 6.07) is 15.2. The highest BCUT2D eigenvalue weighted by molar-refractivity contribution is 6.41. The van der Waals surface area contributed by atoms with Gasteiger partial charge in [-0.3, -0.25) is 9.59 Å². The molecule has 0 aromatic heterocycles. The molecule has 1 unspecified atom stereocenters. The van der Waals surface area contributed by atoms with Crippen LogP contribution in [0.4, 0.5) is 5.69 Å². The minimum atomic E-state index is -0.755. The lowest BCUT2D eigenvalue weighted by Gasteiger charge is -2.22. The number of hydrogen-bond donors (Lipinski definition) is 3. The number of aliphatic carboxylic acids is 1. The number of para-hydroxylation sites is 1. The lowest BCUT2D eigenvalue weighted by Crippen LogP contribution is -2.27. The number of aryl methyl sites for hydroxylation is 1. The number of unbranched alkanes of at least 4 members (excludes halogenated alkanes) is 1. The number of piperidine rings is 1. The summed E-state index contributed by atoms with van der Waals surface area (Å²) in [6.07, 6.45) is 6.63. The maximum Gasteiger partial charge on any atom is 0.303 e. The van der Waals surface area contributed by atoms with E-state index in [1.165, 1.54) is 45.9 Å². The zero-order valence-corrected chi connectivity index (χ0v) is 20.9. The molecule has 1 fully saturated rings. The number of carboxylic acid groups (broad SMARTS) is 1. The fraction of sp³-hybridized carbons (Fsp3) is 0.464. The number of hydrogen-bond acceptors (Lipinski definition) is 6. The minimum absolute atomic E-state index is 0.177. The maximum absolute atomic E-state index is 11.1. The number of methoxy groups -OCH3 is 1. The number of nitrogens with zero attached hydrogens (tertiary/aromatic N) is 1. The van der Waals surface area contributed by atoms with E-state index in [1.807, 2.05) is 48.5 Å². The second-order valence-corrected chi connectivity index (χ2v) is 9.11. The molecular formula is C28H37N3O5. The Balaban J connectivity index is 0.000000221. The number of amides is 1. The lowest BCUT2D eigenvalue weighted by atomic mass is 9.93. The van der Waals surface area contributed by atoms with E-state index in [1.54, 1.807) is 0 Å². The van der Waals surface area contributed by atoms with Gasteiger partial charge in [0, 0.05) is 19.1 Å². The van der Waals surface area contributed by atoms with Gasteiger partial charge >= 0.3 is 5.97 Å². The van der Waals surface area contributed by atoms with Gasteiger partial charge in [0.15, 0.2) is 0 Å². The highest BCUT2D eigenvalue weighted by Crippen LogP contribution is 2.35. The van der Waals surface area contributed by atoms with Gasteiger partial charge in [-0.05, 0) is 74.9 Å². The Morgan fingerprint density at radius 1 is 1.08 bits per heavy atom. The van der Waals surface area contributed by atoms with Crippen LogP contribution in [-0.2, 0) is 20.7 Å². The fourth-order valence-corrected chi connectivity index (χ4v) is 4.47. The van der Waals surface area contributed by atoms with E-state index in [4.69, 9.17) is 20.3 Å². The zero-order chi connectivity index (χ0) is 25.8. The quantitative estimate of drug-likeness (QED) is 0.402. The van der Waals surface area contributed by atoms with Crippen LogP contribution in [0.25, 0.3) is 0 Å². The first-order valence-electron chi connectivity index (χ1n) is 12.6. The smallest absolute Gasteiger partial charge is 0.303 e. The number of fused-ring (bicyclic) bond motifs is 1. The zero-order valence-electron chi connectivity index (χ0n) is 20.9. The molecule has 1 saturated heterocycles. The third kappa shape index (κ3) is 8.46. The molecule has 1 atom stereocenters. The van der Waals surface area contributed by atoms with Gasteiger partial charge in [-0.1, -0.05) is 36.8 Å². The summed E-state index contributed by atoms with van der Waals surface area (Å²) in [4.78, 5) is 25.7. The summed E-state index contributed by atoms with van der Waals surface area (Å²) in [5.74, 6) is 0.484. The third-order valence-electron chi connectivity index (χ3n) is 6.48. The number of carboxylic acids is 1. The minimum Gasteiger partial charge on any atom is -0.494 e. The van der Waals surface area contributed by atoms with Crippen LogP contribution in [-0.4, -0.2) is 49.5 Å². The number of primary amides is 1. The molecule has 0 radical (unpaired) electrons. The van der Waals surface area contributed by atoms with E-state index in [0.717, 1.165) is 41.5 Å². The van der Waals surface area contributed by atoms with E-state index in [0.29, 0.717) is 6.42 Å². The van der Waals surface area contributed by atoms with Crippen molar-refractivity contribution in [3.63, 3.8) is 0 Å². The molecule has 0 spiro atoms. The molecule has 36 heavy (non-hydrogen) atoms. The molecule has 0 aliphatic carbocycles. The molecule has 4 N–H and O–H groups in total. The van der Waals surface area contributed by atoms with Crippen LogP contribution in [0.1, 0.15) is 55.8 Å². The lowest BCUT2D eigenvalue weighted by molar-refractivity contribution is -0.137. The van der Waals surface area contributed by atoms with Crippen LogP contribution >= 0.6 is 0 Å². The van der Waals surface area contributed by atoms with Crippen molar-refractivity contribution in [2.45, 2.75) is 51.0 Å². The maximum atomic E-state index is 11.1. The summed E-state index contributed by atoms with van der Waals surface area (Å²) < 4.78 is 10.9. The SMILES string of the molecule is COC1C(C(N)=O)=Nc2ccccc21.O=C(O)CCc1ccc(OCCCCC2CCNCC2)cc1. The molecule has 4 rings (SSSR count). The third-order valence-corrected chi connectivity index (χ3v) is 6.48. The number of carbonyl (C=O) groups is 2. The predicted molar refractivity (Wildman–Crippen MR) is 140 cm³/mol. The molecule has 8 nitrogen and oxygen atoms in total. The van der Waals surface area contributed by atoms with E-state index >= 15 is 0 Å². The van der Waals surface area contributed by atoms with Crippen molar-refractivity contribution in [3.05, 3.63) is 59.7 Å². The number of nitrogens with two attached hydrogens (primary N) is 1. The van der Waals surface area contributed by atoms with Crippen molar-refractivity contribution < 1.29 is 24.2 Å². The van der Waals surface area contributed by atoms with Gasteiger partial charge in [0.25, 0.3) is 5.91 Å². The Hall–Kier alpha value is -3.23. The number of benzene rings is 2. The van der Waals surface area contributed by atoms with Crippen LogP contribution < -0.4 is 15.8 Å². The molecule has 2 aromatic carbocycles. The average molecular weight is 496 g/mol. The monoisotopic (exact) mass is 495 g/mol. The highest BCUT2D eigenvalue weighted by atomic mass is 16.5. The van der Waals surface area contributed by atoms with Crippen LogP contribution in [0.5, 0.6) is 5.75 Å². The predicted octanol–water partition coefficient (Wildman–Crippen LogP) is 4.20. The van der Waals surface area contributed by atoms with Gasteiger partial charge in [-0.25, -0.2) is 4.99 Å². The number of ether oxygens (including phenoxy) is 2. The molecule has 2 heterocycles. The van der Waals surface area contributed by atoms with Crippen molar-refractivity contribution >= 4 is 23.3 Å². The Bertz CT molecular complexity index is 1020. The normalized spacial score (nSPS) is 16.9. The number of nitrogens with one attached hydrogen (secondary N) is 1.